The van der Waals surface area contributed by atoms with E-state index in [1.807, 2.05) is 0 Å². The summed E-state index contributed by atoms with van der Waals surface area (Å²) in [6.45, 7) is 4.21. The van der Waals surface area contributed by atoms with Crippen LogP contribution in [0.4, 0.5) is 0 Å². The summed E-state index contributed by atoms with van der Waals surface area (Å²) in [5.41, 5.74) is 5.66. The third-order valence-electron chi connectivity index (χ3n) is 1.11. The van der Waals surface area contributed by atoms with Gasteiger partial charge >= 0.3 is 0 Å². The van der Waals surface area contributed by atoms with Crippen molar-refractivity contribution < 1.29 is 0 Å². The summed E-state index contributed by atoms with van der Waals surface area (Å²) in [6, 6.07) is 0. The lowest BCUT2D eigenvalue weighted by atomic mass is 10.2. The molecule has 0 radical (unpaired) electrons. The van der Waals surface area contributed by atoms with Crippen LogP contribution in [0.2, 0.25) is 0 Å². The van der Waals surface area contributed by atoms with Gasteiger partial charge in [-0.05, 0) is 18.4 Å². The summed E-state index contributed by atoms with van der Waals surface area (Å²) < 4.78 is 0. The maximum atomic E-state index is 5.30. The molecule has 0 aromatic carbocycles. The van der Waals surface area contributed by atoms with Gasteiger partial charge in [-0.1, -0.05) is 25.4 Å². The Morgan fingerprint density at radius 2 is 2.00 bits per heavy atom. The van der Waals surface area contributed by atoms with E-state index in [2.05, 4.69) is 19.6 Å². The Kier molecular flexibility index (Phi) is 4.84. The molecule has 0 amide bonds. The zero-order valence-corrected chi connectivity index (χ0v) is 6.13. The summed E-state index contributed by atoms with van der Waals surface area (Å²) in [6.07, 6.45) is 2.11. The number of rotatable bonds is 2. The van der Waals surface area contributed by atoms with Crippen LogP contribution in [0.3, 0.4) is 0 Å². The first-order valence-corrected chi connectivity index (χ1v) is 3.31. The predicted molar refractivity (Wildman–Crippen MR) is 38.0 cm³/mol. The lowest BCUT2D eigenvalue weighted by Gasteiger charge is -1.89. The predicted octanol–water partition coefficient (Wildman–Crippen LogP) is 3.08. The zero-order chi connectivity index (χ0) is 6.41. The highest BCUT2D eigenvalue weighted by Crippen LogP contribution is 2.02. The van der Waals surface area contributed by atoms with Gasteiger partial charge < -0.3 is 0 Å². The minimum atomic E-state index is 1.06. The van der Waals surface area contributed by atoms with Crippen molar-refractivity contribution in [3.8, 4) is 0 Å². The average Bonchev–Trinajstić information content (AvgIpc) is 1.83. The number of allylic oxidation sites excluding steroid dienone is 1. The first-order chi connectivity index (χ1) is 3.85. The van der Waals surface area contributed by atoms with Crippen molar-refractivity contribution in [3.63, 3.8) is 0 Å². The van der Waals surface area contributed by atoms with Crippen LogP contribution in [0.1, 0.15) is 26.7 Å². The van der Waals surface area contributed by atoms with Gasteiger partial charge in [-0.25, -0.2) is 0 Å². The fraction of sp³-hybridized carbons (Fsp3) is 0.571. The van der Waals surface area contributed by atoms with E-state index in [1.165, 1.54) is 11.1 Å². The fourth-order valence-electron chi connectivity index (χ4n) is 0.531. The van der Waals surface area contributed by atoms with Crippen LogP contribution in [0.15, 0.2) is 16.8 Å². The molecule has 0 saturated heterocycles. The van der Waals surface area contributed by atoms with E-state index in [-0.39, 0.29) is 0 Å². The van der Waals surface area contributed by atoms with Crippen molar-refractivity contribution in [2.75, 3.05) is 0 Å². The van der Waals surface area contributed by atoms with Gasteiger partial charge in [0.2, 0.25) is 0 Å². The molecule has 0 aliphatic rings. The van der Waals surface area contributed by atoms with Gasteiger partial charge in [-0.2, -0.15) is 0 Å². The van der Waals surface area contributed by atoms with E-state index in [0.29, 0.717) is 0 Å². The van der Waals surface area contributed by atoms with Gasteiger partial charge in [0.25, 0.3) is 0 Å². The second-order valence-corrected chi connectivity index (χ2v) is 1.78. The third kappa shape index (κ3) is 2.90. The highest BCUT2D eigenvalue weighted by Gasteiger charge is 1.82. The maximum absolute atomic E-state index is 5.30. The molecule has 0 heterocycles. The van der Waals surface area contributed by atoms with Gasteiger partial charge in [0, 0.05) is 5.54 Å². The lowest BCUT2D eigenvalue weighted by molar-refractivity contribution is 0.983. The summed E-state index contributed by atoms with van der Waals surface area (Å²) in [4.78, 5) is 0. The van der Waals surface area contributed by atoms with Crippen LogP contribution in [0.5, 0.6) is 0 Å². The molecule has 0 spiro atoms. The van der Waals surface area contributed by atoms with E-state index in [9.17, 15) is 0 Å². The van der Waals surface area contributed by atoms with E-state index in [0.717, 1.165) is 12.8 Å². The molecular formula is C7H11Cl. The Morgan fingerprint density at radius 3 is 2.12 bits per heavy atom. The van der Waals surface area contributed by atoms with Crippen molar-refractivity contribution in [1.29, 1.82) is 0 Å². The van der Waals surface area contributed by atoms with Crippen LogP contribution in [-0.4, -0.2) is 0 Å². The second kappa shape index (κ2) is 4.96. The molecule has 0 N–H and O–H groups in total. The Morgan fingerprint density at radius 1 is 1.50 bits per heavy atom. The Bertz CT molecular complexity index is 102. The molecule has 0 aromatic rings. The molecular weight excluding hydrogens is 120 g/mol. The fourth-order valence-corrected chi connectivity index (χ4v) is 0.686. The number of halogens is 1. The van der Waals surface area contributed by atoms with Gasteiger partial charge in [-0.3, -0.25) is 0 Å². The SMILES string of the molecule is CCC(=C=CCl)CC. The Labute approximate surface area is 55.9 Å². The molecule has 8 heavy (non-hydrogen) atoms. The van der Waals surface area contributed by atoms with Crippen LogP contribution < -0.4 is 0 Å². The summed E-state index contributed by atoms with van der Waals surface area (Å²) in [5.74, 6) is 0. The molecule has 0 saturated carbocycles. The number of hydrogen-bond acceptors (Lipinski definition) is 0. The van der Waals surface area contributed by atoms with Crippen LogP contribution >= 0.6 is 11.6 Å². The first-order valence-electron chi connectivity index (χ1n) is 2.88. The summed E-state index contributed by atoms with van der Waals surface area (Å²) in [7, 11) is 0. The van der Waals surface area contributed by atoms with Gasteiger partial charge in [0.05, 0.1) is 0 Å². The molecule has 1 heteroatoms. The molecule has 0 fully saturated rings. The smallest absolute Gasteiger partial charge is 0.0462 e. The van der Waals surface area contributed by atoms with Crippen molar-refractivity contribution in [2.45, 2.75) is 26.7 Å². The van der Waals surface area contributed by atoms with E-state index in [1.54, 1.807) is 0 Å². The van der Waals surface area contributed by atoms with Crippen LogP contribution in [0, 0.1) is 0 Å². The molecule has 0 nitrogen and oxygen atoms in total. The second-order valence-electron chi connectivity index (χ2n) is 1.56. The van der Waals surface area contributed by atoms with Crippen molar-refractivity contribution in [3.05, 3.63) is 16.8 Å². The lowest BCUT2D eigenvalue weighted by Crippen LogP contribution is -1.70. The molecule has 0 unspecified atom stereocenters. The first kappa shape index (κ1) is 7.81. The largest absolute Gasteiger partial charge is 0.109 e. The highest BCUT2D eigenvalue weighted by atomic mass is 35.5. The summed E-state index contributed by atoms with van der Waals surface area (Å²) >= 11 is 5.30. The van der Waals surface area contributed by atoms with Crippen molar-refractivity contribution in [1.82, 2.24) is 0 Å². The van der Waals surface area contributed by atoms with E-state index in [4.69, 9.17) is 11.6 Å². The quantitative estimate of drug-likeness (QED) is 0.504. The van der Waals surface area contributed by atoms with Crippen molar-refractivity contribution in [2.24, 2.45) is 0 Å². The van der Waals surface area contributed by atoms with Crippen LogP contribution in [0.25, 0.3) is 0 Å². The zero-order valence-electron chi connectivity index (χ0n) is 5.37. The van der Waals surface area contributed by atoms with E-state index >= 15 is 0 Å². The molecule has 46 valence electrons. The monoisotopic (exact) mass is 130 g/mol. The minimum absolute atomic E-state index is 1.06. The third-order valence-corrected chi connectivity index (χ3v) is 1.22. The van der Waals surface area contributed by atoms with E-state index < -0.39 is 0 Å². The Hall–Kier alpha value is -0.190. The normalized spacial score (nSPS) is 7.88. The van der Waals surface area contributed by atoms with Gasteiger partial charge in [0.1, 0.15) is 0 Å². The highest BCUT2D eigenvalue weighted by molar-refractivity contribution is 6.25. The van der Waals surface area contributed by atoms with Gasteiger partial charge in [-0.15, -0.1) is 5.73 Å². The standard InChI is InChI=1S/C7H11Cl/c1-3-7(4-2)5-6-8/h6H,3-4H2,1-2H3. The number of hydrogen-bond donors (Lipinski definition) is 0. The molecule has 0 rings (SSSR count). The van der Waals surface area contributed by atoms with Crippen LogP contribution in [-0.2, 0) is 0 Å². The Balaban J connectivity index is 3.87. The topological polar surface area (TPSA) is 0 Å². The van der Waals surface area contributed by atoms with Crippen molar-refractivity contribution >= 4 is 11.6 Å². The molecule has 0 aromatic heterocycles. The molecule has 0 aliphatic heterocycles. The minimum Gasteiger partial charge on any atom is -0.109 e. The maximum Gasteiger partial charge on any atom is 0.0462 e. The molecule has 0 bridgehead atoms. The van der Waals surface area contributed by atoms with Gasteiger partial charge in [0.15, 0.2) is 0 Å². The molecule has 0 aliphatic carbocycles. The average molecular weight is 131 g/mol. The molecule has 0 atom stereocenters. The summed E-state index contributed by atoms with van der Waals surface area (Å²) in [5, 5.41) is 0.